The average molecular weight is 361 g/mol. The Morgan fingerprint density at radius 3 is 2.50 bits per heavy atom. The minimum atomic E-state index is -4.64. The van der Waals surface area contributed by atoms with Crippen molar-refractivity contribution in [2.24, 2.45) is 0 Å². The van der Waals surface area contributed by atoms with Crippen molar-refractivity contribution in [1.29, 1.82) is 5.26 Å². The zero-order valence-corrected chi connectivity index (χ0v) is 13.4. The van der Waals surface area contributed by atoms with Crippen LogP contribution in [0, 0.1) is 17.9 Å². The van der Waals surface area contributed by atoms with Crippen molar-refractivity contribution in [1.82, 2.24) is 0 Å². The molecule has 26 heavy (non-hydrogen) atoms. The molecule has 8 heteroatoms. The van der Waals surface area contributed by atoms with Crippen molar-refractivity contribution < 1.29 is 23.0 Å². The van der Waals surface area contributed by atoms with Gasteiger partial charge in [0.15, 0.2) is 5.69 Å². The summed E-state index contributed by atoms with van der Waals surface area (Å²) in [7, 11) is 0. The molecule has 2 N–H and O–H groups in total. The fourth-order valence-electron chi connectivity index (χ4n) is 2.09. The monoisotopic (exact) mass is 361 g/mol. The average Bonchev–Trinajstić information content (AvgIpc) is 2.64. The van der Waals surface area contributed by atoms with E-state index in [0.29, 0.717) is 11.4 Å². The van der Waals surface area contributed by atoms with Crippen LogP contribution < -0.4 is 10.1 Å². The topological polar surface area (TPSA) is 69.6 Å². The first-order chi connectivity index (χ1) is 12.3. The maximum atomic E-state index is 12.9. The second-order valence-electron chi connectivity index (χ2n) is 5.32. The van der Waals surface area contributed by atoms with E-state index < -0.39 is 23.4 Å². The molecule has 0 aliphatic rings. The zero-order chi connectivity index (χ0) is 19.2. The van der Waals surface area contributed by atoms with Gasteiger partial charge in [-0.2, -0.15) is 18.4 Å². The molecule has 2 aromatic rings. The smallest absolute Gasteiger partial charge is 0.417 e. The highest BCUT2D eigenvalue weighted by atomic mass is 19.4. The van der Waals surface area contributed by atoms with Gasteiger partial charge in [0.2, 0.25) is 0 Å². The highest BCUT2D eigenvalue weighted by Gasteiger charge is 2.33. The summed E-state index contributed by atoms with van der Waals surface area (Å²) in [6.07, 6.45) is -5.61. The van der Waals surface area contributed by atoms with Gasteiger partial charge in [0, 0.05) is 12.2 Å². The molecular formula is C18H14F3N3O2. The normalized spacial score (nSPS) is 11.9. The number of aliphatic hydroxyl groups excluding tert-OH is 1. The fraction of sp³-hybridized carbons (Fsp3) is 0.222. The van der Waals surface area contributed by atoms with Crippen molar-refractivity contribution in [2.75, 3.05) is 18.5 Å². The zero-order valence-electron chi connectivity index (χ0n) is 13.4. The number of nitriles is 1. The molecular weight excluding hydrogens is 347 g/mol. The Bertz CT molecular complexity index is 837. The molecule has 0 amide bonds. The van der Waals surface area contributed by atoms with Crippen molar-refractivity contribution in [3.8, 4) is 11.8 Å². The number of nitrogens with zero attached hydrogens (tertiary/aromatic N) is 2. The molecule has 134 valence electrons. The van der Waals surface area contributed by atoms with Gasteiger partial charge in [-0.1, -0.05) is 12.1 Å². The van der Waals surface area contributed by atoms with Crippen LogP contribution in [0.1, 0.15) is 11.1 Å². The molecule has 5 nitrogen and oxygen atoms in total. The Hall–Kier alpha value is -3.23. The summed E-state index contributed by atoms with van der Waals surface area (Å²) in [4.78, 5) is 3.24. The molecule has 0 unspecified atom stereocenters. The Kier molecular flexibility index (Phi) is 6.05. The largest absolute Gasteiger partial charge is 0.491 e. The van der Waals surface area contributed by atoms with Crippen molar-refractivity contribution in [3.05, 3.63) is 65.0 Å². The fourth-order valence-corrected chi connectivity index (χ4v) is 2.09. The predicted molar refractivity (Wildman–Crippen MR) is 88.9 cm³/mol. The van der Waals surface area contributed by atoms with Gasteiger partial charge in [-0.25, -0.2) is 4.85 Å². The molecule has 1 atom stereocenters. The van der Waals surface area contributed by atoms with Crippen LogP contribution in [-0.4, -0.2) is 24.4 Å². The Labute approximate surface area is 148 Å². The number of halogens is 3. The summed E-state index contributed by atoms with van der Waals surface area (Å²) < 4.78 is 44.1. The van der Waals surface area contributed by atoms with Gasteiger partial charge in [-0.15, -0.1) is 0 Å². The Morgan fingerprint density at radius 1 is 1.23 bits per heavy atom. The van der Waals surface area contributed by atoms with Crippen molar-refractivity contribution in [3.63, 3.8) is 0 Å². The van der Waals surface area contributed by atoms with Crippen LogP contribution in [0.3, 0.4) is 0 Å². The van der Waals surface area contributed by atoms with E-state index in [0.717, 1.165) is 12.1 Å². The van der Waals surface area contributed by atoms with Crippen LogP contribution >= 0.6 is 0 Å². The van der Waals surface area contributed by atoms with Crippen LogP contribution in [0.5, 0.6) is 5.75 Å². The second-order valence-corrected chi connectivity index (χ2v) is 5.32. The van der Waals surface area contributed by atoms with Crippen molar-refractivity contribution >= 4 is 11.4 Å². The summed E-state index contributed by atoms with van der Waals surface area (Å²) >= 11 is 0. The van der Waals surface area contributed by atoms with E-state index in [1.807, 2.05) is 0 Å². The first kappa shape index (κ1) is 19.1. The molecule has 0 fully saturated rings. The first-order valence-corrected chi connectivity index (χ1v) is 7.47. The number of hydrogen-bond donors (Lipinski definition) is 2. The lowest BCUT2D eigenvalue weighted by atomic mass is 10.1. The number of benzene rings is 2. The molecule has 2 aromatic carbocycles. The lowest BCUT2D eigenvalue weighted by molar-refractivity contribution is -0.137. The number of rotatable bonds is 6. The number of alkyl halides is 3. The van der Waals surface area contributed by atoms with E-state index in [9.17, 15) is 18.3 Å². The highest BCUT2D eigenvalue weighted by Crippen LogP contribution is 2.33. The van der Waals surface area contributed by atoms with E-state index in [-0.39, 0.29) is 18.8 Å². The maximum absolute atomic E-state index is 12.9. The van der Waals surface area contributed by atoms with Gasteiger partial charge < -0.3 is 15.2 Å². The number of hydrogen-bond acceptors (Lipinski definition) is 4. The van der Waals surface area contributed by atoms with Crippen LogP contribution in [0.4, 0.5) is 24.5 Å². The maximum Gasteiger partial charge on any atom is 0.417 e. The van der Waals surface area contributed by atoms with Gasteiger partial charge in [-0.3, -0.25) is 0 Å². The third kappa shape index (κ3) is 5.13. The third-order valence-corrected chi connectivity index (χ3v) is 3.40. The van der Waals surface area contributed by atoms with Gasteiger partial charge >= 0.3 is 6.18 Å². The third-order valence-electron chi connectivity index (χ3n) is 3.40. The van der Waals surface area contributed by atoms with E-state index in [4.69, 9.17) is 16.6 Å². The van der Waals surface area contributed by atoms with Gasteiger partial charge in [0.05, 0.1) is 23.8 Å². The van der Waals surface area contributed by atoms with E-state index in [1.165, 1.54) is 12.1 Å². The molecule has 0 bridgehead atoms. The lowest BCUT2D eigenvalue weighted by Gasteiger charge is -2.16. The highest BCUT2D eigenvalue weighted by molar-refractivity contribution is 5.53. The minimum Gasteiger partial charge on any atom is -0.491 e. The van der Waals surface area contributed by atoms with Crippen LogP contribution in [0.25, 0.3) is 4.85 Å². The van der Waals surface area contributed by atoms with Crippen LogP contribution in [0.2, 0.25) is 0 Å². The summed E-state index contributed by atoms with van der Waals surface area (Å²) in [5.41, 5.74) is -0.900. The molecule has 0 heterocycles. The number of aliphatic hydroxyl groups is 1. The molecule has 0 radical (unpaired) electrons. The minimum absolute atomic E-state index is 0.0384. The molecule has 0 aliphatic carbocycles. The quantitative estimate of drug-likeness (QED) is 0.764. The number of ether oxygens (including phenoxy) is 1. The molecule has 0 aliphatic heterocycles. The van der Waals surface area contributed by atoms with Crippen molar-refractivity contribution in [2.45, 2.75) is 12.3 Å². The predicted octanol–water partition coefficient (Wildman–Crippen LogP) is 3.98. The van der Waals surface area contributed by atoms with Gasteiger partial charge in [0.1, 0.15) is 18.5 Å². The summed E-state index contributed by atoms with van der Waals surface area (Å²) in [6.45, 7) is 6.73. The van der Waals surface area contributed by atoms with E-state index in [2.05, 4.69) is 10.2 Å². The van der Waals surface area contributed by atoms with E-state index >= 15 is 0 Å². The summed E-state index contributed by atoms with van der Waals surface area (Å²) in [6, 6.07) is 11.1. The lowest BCUT2D eigenvalue weighted by Crippen LogP contribution is -2.26. The second kappa shape index (κ2) is 8.24. The standard InChI is InChI=1S/C18H14F3N3O2/c1-23-13-4-6-16(7-5-13)26-11-15(25)10-24-14-3-2-12(9-22)17(8-14)18(19,20)21/h2-8,15,24-25H,10-11H2/t15-/m1/s1. The Morgan fingerprint density at radius 2 is 1.92 bits per heavy atom. The Balaban J connectivity index is 1.91. The SMILES string of the molecule is [C-]#[N+]c1ccc(OC[C@H](O)CNc2ccc(C#N)c(C(F)(F)F)c2)cc1. The van der Waals surface area contributed by atoms with Gasteiger partial charge in [0.25, 0.3) is 0 Å². The van der Waals surface area contributed by atoms with Crippen LogP contribution in [0.15, 0.2) is 42.5 Å². The molecule has 0 aromatic heterocycles. The van der Waals surface area contributed by atoms with Crippen LogP contribution in [-0.2, 0) is 6.18 Å². The molecule has 0 saturated carbocycles. The molecule has 0 saturated heterocycles. The summed E-state index contributed by atoms with van der Waals surface area (Å²) in [5, 5.41) is 21.3. The van der Waals surface area contributed by atoms with Gasteiger partial charge in [-0.05, 0) is 30.3 Å². The molecule has 2 rings (SSSR count). The first-order valence-electron chi connectivity index (χ1n) is 7.47. The number of nitrogens with one attached hydrogen (secondary N) is 1. The number of anilines is 1. The summed E-state index contributed by atoms with van der Waals surface area (Å²) in [5.74, 6) is 0.467. The molecule has 0 spiro atoms. The van der Waals surface area contributed by atoms with E-state index in [1.54, 1.807) is 24.3 Å².